The third kappa shape index (κ3) is 41.7. The average molecular weight is 770 g/mol. The molecule has 0 saturated carbocycles. The lowest BCUT2D eigenvalue weighted by Crippen LogP contribution is -2.28. The Hall–Kier alpha value is -1.28. The standard InChI is InChI=1S/C44H84NO7P/c1-3-5-7-9-11-13-15-17-19-20-21-22-24-26-28-30-32-34-36-39-49-41-43(42-51-53(47,48)50-40-38-45)52-44(46)37-35-33-31-29-27-25-23-18-16-14-12-10-8-6-4-2/h13,15,18-20,23,43H,3-12,14,16-17,21-22,24-42,45H2,1-2H3,(H,47,48)/b15-13-,20-19-,23-18-. The van der Waals surface area contributed by atoms with Crippen LogP contribution >= 0.6 is 7.82 Å². The van der Waals surface area contributed by atoms with Crippen LogP contribution in [0.5, 0.6) is 0 Å². The van der Waals surface area contributed by atoms with E-state index >= 15 is 0 Å². The third-order valence-corrected chi connectivity index (χ3v) is 10.3. The van der Waals surface area contributed by atoms with Crippen LogP contribution in [0.25, 0.3) is 0 Å². The van der Waals surface area contributed by atoms with Gasteiger partial charge in [-0.05, 0) is 70.6 Å². The highest BCUT2D eigenvalue weighted by molar-refractivity contribution is 7.47. The first-order valence-electron chi connectivity index (χ1n) is 22.0. The Morgan fingerprint density at radius 3 is 1.51 bits per heavy atom. The van der Waals surface area contributed by atoms with Crippen LogP contribution in [0.2, 0.25) is 0 Å². The number of unbranched alkanes of at least 4 members (excludes halogenated alkanes) is 23. The molecule has 9 heteroatoms. The number of carbonyl (C=O) groups is 1. The van der Waals surface area contributed by atoms with Crippen molar-refractivity contribution in [3.63, 3.8) is 0 Å². The van der Waals surface area contributed by atoms with Crippen LogP contribution in [0.4, 0.5) is 0 Å². The molecule has 0 aromatic heterocycles. The molecule has 53 heavy (non-hydrogen) atoms. The van der Waals surface area contributed by atoms with Crippen LogP contribution in [0.1, 0.15) is 200 Å². The van der Waals surface area contributed by atoms with Crippen molar-refractivity contribution in [2.75, 3.05) is 33.0 Å². The highest BCUT2D eigenvalue weighted by Gasteiger charge is 2.25. The lowest BCUT2D eigenvalue weighted by Gasteiger charge is -2.20. The number of phosphoric ester groups is 1. The zero-order chi connectivity index (χ0) is 38.8. The molecule has 2 atom stereocenters. The molecule has 0 bridgehead atoms. The molecule has 0 fully saturated rings. The summed E-state index contributed by atoms with van der Waals surface area (Å²) in [5.41, 5.74) is 5.37. The van der Waals surface area contributed by atoms with Crippen molar-refractivity contribution in [3.8, 4) is 0 Å². The summed E-state index contributed by atoms with van der Waals surface area (Å²) in [6, 6.07) is 0. The number of esters is 1. The average Bonchev–Trinajstić information content (AvgIpc) is 3.15. The van der Waals surface area contributed by atoms with Gasteiger partial charge in [0.15, 0.2) is 0 Å². The van der Waals surface area contributed by atoms with Crippen molar-refractivity contribution in [2.24, 2.45) is 5.73 Å². The summed E-state index contributed by atoms with van der Waals surface area (Å²) in [7, 11) is -4.28. The summed E-state index contributed by atoms with van der Waals surface area (Å²) < 4.78 is 33.4. The van der Waals surface area contributed by atoms with Gasteiger partial charge in [-0.2, -0.15) is 0 Å². The van der Waals surface area contributed by atoms with Crippen LogP contribution < -0.4 is 5.73 Å². The lowest BCUT2D eigenvalue weighted by atomic mass is 10.1. The molecule has 0 rings (SSSR count). The third-order valence-electron chi connectivity index (χ3n) is 9.28. The number of ether oxygens (including phenoxy) is 2. The molecule has 0 spiro atoms. The second-order valence-corrected chi connectivity index (χ2v) is 16.0. The van der Waals surface area contributed by atoms with Crippen LogP contribution in [0.3, 0.4) is 0 Å². The van der Waals surface area contributed by atoms with E-state index in [0.29, 0.717) is 13.0 Å². The summed E-state index contributed by atoms with van der Waals surface area (Å²) in [5, 5.41) is 0. The second kappa shape index (κ2) is 41.9. The summed E-state index contributed by atoms with van der Waals surface area (Å²) in [5.74, 6) is -0.341. The highest BCUT2D eigenvalue weighted by atomic mass is 31.2. The number of allylic oxidation sites excluding steroid dienone is 6. The molecule has 3 N–H and O–H groups in total. The minimum absolute atomic E-state index is 0.0978. The van der Waals surface area contributed by atoms with Crippen molar-refractivity contribution in [1.82, 2.24) is 0 Å². The van der Waals surface area contributed by atoms with Crippen LogP contribution in [-0.4, -0.2) is 49.9 Å². The van der Waals surface area contributed by atoms with Gasteiger partial charge in [0, 0.05) is 19.6 Å². The summed E-state index contributed by atoms with van der Waals surface area (Å²) in [6.07, 6.45) is 47.3. The fourth-order valence-electron chi connectivity index (χ4n) is 6.02. The molecule has 0 aromatic rings. The van der Waals surface area contributed by atoms with Crippen LogP contribution in [0, 0.1) is 0 Å². The first-order valence-corrected chi connectivity index (χ1v) is 23.5. The van der Waals surface area contributed by atoms with Gasteiger partial charge < -0.3 is 20.1 Å². The Kier molecular flexibility index (Phi) is 40.9. The molecule has 0 aliphatic rings. The predicted octanol–water partition coefficient (Wildman–Crippen LogP) is 13.0. The summed E-state index contributed by atoms with van der Waals surface area (Å²) >= 11 is 0. The van der Waals surface area contributed by atoms with E-state index in [-0.39, 0.29) is 32.3 Å². The maximum Gasteiger partial charge on any atom is 0.472 e. The molecule has 0 amide bonds. The Morgan fingerprint density at radius 2 is 1.00 bits per heavy atom. The van der Waals surface area contributed by atoms with Crippen molar-refractivity contribution in [2.45, 2.75) is 206 Å². The number of carbonyl (C=O) groups excluding carboxylic acids is 1. The Labute approximate surface area is 327 Å². The number of hydrogen-bond acceptors (Lipinski definition) is 7. The molecule has 0 radical (unpaired) electrons. The zero-order valence-electron chi connectivity index (χ0n) is 34.5. The lowest BCUT2D eigenvalue weighted by molar-refractivity contribution is -0.154. The Balaban J connectivity index is 4.03. The van der Waals surface area contributed by atoms with Crippen molar-refractivity contribution >= 4 is 13.8 Å². The zero-order valence-corrected chi connectivity index (χ0v) is 35.4. The van der Waals surface area contributed by atoms with Crippen LogP contribution in [0.15, 0.2) is 36.5 Å². The van der Waals surface area contributed by atoms with E-state index in [1.54, 1.807) is 0 Å². The fraction of sp³-hybridized carbons (Fsp3) is 0.841. The van der Waals surface area contributed by atoms with Crippen molar-refractivity contribution < 1.29 is 32.8 Å². The quantitative estimate of drug-likeness (QED) is 0.0273. The first kappa shape index (κ1) is 51.7. The van der Waals surface area contributed by atoms with Crippen molar-refractivity contribution in [1.29, 1.82) is 0 Å². The minimum Gasteiger partial charge on any atom is -0.457 e. The Bertz CT molecular complexity index is 910. The van der Waals surface area contributed by atoms with E-state index in [9.17, 15) is 14.3 Å². The van der Waals surface area contributed by atoms with E-state index in [0.717, 1.165) is 51.4 Å². The second-order valence-electron chi connectivity index (χ2n) is 14.6. The predicted molar refractivity (Wildman–Crippen MR) is 224 cm³/mol. The number of nitrogens with two attached hydrogens (primary N) is 1. The SMILES string of the molecule is CCCCCC/C=C\C/C=C\CCCCCCCCCCOCC(COP(=O)(O)OCCN)OC(=O)CCCCCCC/C=C\CCCCCCCC. The van der Waals surface area contributed by atoms with Gasteiger partial charge >= 0.3 is 13.8 Å². The molecule has 0 aliphatic carbocycles. The van der Waals surface area contributed by atoms with E-state index in [1.165, 1.54) is 128 Å². The van der Waals surface area contributed by atoms with E-state index < -0.39 is 13.9 Å². The Morgan fingerprint density at radius 1 is 0.566 bits per heavy atom. The minimum atomic E-state index is -4.28. The van der Waals surface area contributed by atoms with Gasteiger partial charge in [-0.3, -0.25) is 13.8 Å². The molecule has 0 aliphatic heterocycles. The van der Waals surface area contributed by atoms with Crippen LogP contribution in [-0.2, 0) is 27.9 Å². The molecular weight excluding hydrogens is 685 g/mol. The normalized spacial score (nSPS) is 13.8. The molecule has 8 nitrogen and oxygen atoms in total. The van der Waals surface area contributed by atoms with Gasteiger partial charge in [-0.25, -0.2) is 4.57 Å². The van der Waals surface area contributed by atoms with Crippen molar-refractivity contribution in [3.05, 3.63) is 36.5 Å². The van der Waals surface area contributed by atoms with E-state index in [4.69, 9.17) is 24.3 Å². The molecule has 0 saturated heterocycles. The molecule has 0 aromatic carbocycles. The van der Waals surface area contributed by atoms with E-state index in [2.05, 4.69) is 50.3 Å². The summed E-state index contributed by atoms with van der Waals surface area (Å²) in [6.45, 7) is 4.89. The molecule has 2 unspecified atom stereocenters. The molecule has 0 heterocycles. The number of rotatable bonds is 42. The monoisotopic (exact) mass is 770 g/mol. The maximum atomic E-state index is 12.6. The number of phosphoric acid groups is 1. The molecular formula is C44H84NO7P. The van der Waals surface area contributed by atoms with Gasteiger partial charge in [-0.1, -0.05) is 159 Å². The van der Waals surface area contributed by atoms with Gasteiger partial charge in [0.05, 0.1) is 19.8 Å². The highest BCUT2D eigenvalue weighted by Crippen LogP contribution is 2.43. The number of hydrogen-bond donors (Lipinski definition) is 2. The van der Waals surface area contributed by atoms with Gasteiger partial charge in [0.2, 0.25) is 0 Å². The fourth-order valence-corrected chi connectivity index (χ4v) is 6.79. The molecule has 312 valence electrons. The first-order chi connectivity index (χ1) is 25.9. The largest absolute Gasteiger partial charge is 0.472 e. The van der Waals surface area contributed by atoms with Gasteiger partial charge in [-0.15, -0.1) is 0 Å². The smallest absolute Gasteiger partial charge is 0.457 e. The topological polar surface area (TPSA) is 117 Å². The van der Waals surface area contributed by atoms with Gasteiger partial charge in [0.25, 0.3) is 0 Å². The summed E-state index contributed by atoms with van der Waals surface area (Å²) in [4.78, 5) is 22.5. The van der Waals surface area contributed by atoms with Gasteiger partial charge in [0.1, 0.15) is 6.10 Å². The maximum absolute atomic E-state index is 12.6. The van der Waals surface area contributed by atoms with E-state index in [1.807, 2.05) is 0 Å².